The summed E-state index contributed by atoms with van der Waals surface area (Å²) >= 11 is 12.0. The summed E-state index contributed by atoms with van der Waals surface area (Å²) in [6.45, 7) is 0.354. The first-order chi connectivity index (χ1) is 13.2. The number of nitrogens with zero attached hydrogens (tertiary/aromatic N) is 2. The molecule has 0 saturated carbocycles. The van der Waals surface area contributed by atoms with E-state index in [0.717, 1.165) is 17.7 Å². The quantitative estimate of drug-likeness (QED) is 0.543. The zero-order valence-corrected chi connectivity index (χ0v) is 15.6. The van der Waals surface area contributed by atoms with Crippen molar-refractivity contribution in [1.82, 2.24) is 9.78 Å². The molecule has 10 heteroatoms. The third-order valence-corrected chi connectivity index (χ3v) is 4.26. The van der Waals surface area contributed by atoms with E-state index in [1.165, 1.54) is 12.1 Å². The number of nitrogens with one attached hydrogen (secondary N) is 2. The van der Waals surface area contributed by atoms with Crippen molar-refractivity contribution >= 4 is 40.7 Å². The maximum atomic E-state index is 12.7. The van der Waals surface area contributed by atoms with Crippen molar-refractivity contribution in [2.75, 3.05) is 10.6 Å². The molecule has 0 spiro atoms. The molecule has 0 aliphatic carbocycles. The lowest BCUT2D eigenvalue weighted by atomic mass is 10.2. The number of hydrogen-bond donors (Lipinski definition) is 2. The Hall–Kier alpha value is -2.71. The normalized spacial score (nSPS) is 11.3. The van der Waals surface area contributed by atoms with Crippen molar-refractivity contribution in [3.8, 4) is 0 Å². The summed E-state index contributed by atoms with van der Waals surface area (Å²) in [5.41, 5.74) is -0.0525. The lowest BCUT2D eigenvalue weighted by molar-refractivity contribution is -0.137. The standard InChI is InChI=1S/C18H13Cl2F3N4O/c19-13-5-4-11(15(20)9-13)10-27-7-6-16(26-27)25-17(28)24-14-3-1-2-12(8-14)18(21,22)23/h1-9H,10H2,(H2,24,25,26,28). The van der Waals surface area contributed by atoms with Crippen molar-refractivity contribution in [3.05, 3.63) is 75.9 Å². The van der Waals surface area contributed by atoms with Crippen LogP contribution in [0.3, 0.4) is 0 Å². The van der Waals surface area contributed by atoms with Gasteiger partial charge in [-0.25, -0.2) is 4.79 Å². The predicted molar refractivity (Wildman–Crippen MR) is 102 cm³/mol. The summed E-state index contributed by atoms with van der Waals surface area (Å²) < 4.78 is 39.7. The van der Waals surface area contributed by atoms with Crippen LogP contribution < -0.4 is 10.6 Å². The molecule has 0 fully saturated rings. The van der Waals surface area contributed by atoms with Gasteiger partial charge in [0.1, 0.15) is 0 Å². The molecule has 3 aromatic rings. The Kier molecular flexibility index (Phi) is 5.81. The smallest absolute Gasteiger partial charge is 0.308 e. The Balaban J connectivity index is 1.62. The second-order valence-corrected chi connectivity index (χ2v) is 6.64. The van der Waals surface area contributed by atoms with Gasteiger partial charge in [-0.05, 0) is 35.9 Å². The Morgan fingerprint density at radius 3 is 2.57 bits per heavy atom. The molecule has 0 saturated heterocycles. The van der Waals surface area contributed by atoms with Gasteiger partial charge >= 0.3 is 12.2 Å². The van der Waals surface area contributed by atoms with E-state index >= 15 is 0 Å². The summed E-state index contributed by atoms with van der Waals surface area (Å²) in [4.78, 5) is 12.0. The summed E-state index contributed by atoms with van der Waals surface area (Å²) in [7, 11) is 0. The Morgan fingerprint density at radius 2 is 1.86 bits per heavy atom. The van der Waals surface area contributed by atoms with Gasteiger partial charge in [0.15, 0.2) is 5.82 Å². The summed E-state index contributed by atoms with van der Waals surface area (Å²) in [5.74, 6) is 0.231. The fourth-order valence-electron chi connectivity index (χ4n) is 2.39. The highest BCUT2D eigenvalue weighted by molar-refractivity contribution is 6.35. The fraction of sp³-hybridized carbons (Fsp3) is 0.111. The van der Waals surface area contributed by atoms with Crippen LogP contribution in [0, 0.1) is 0 Å². The van der Waals surface area contributed by atoms with Gasteiger partial charge in [0.25, 0.3) is 0 Å². The molecule has 1 aromatic heterocycles. The van der Waals surface area contributed by atoms with Crippen LogP contribution in [-0.2, 0) is 12.7 Å². The van der Waals surface area contributed by atoms with Crippen LogP contribution >= 0.6 is 23.2 Å². The van der Waals surface area contributed by atoms with Gasteiger partial charge in [0, 0.05) is 28.0 Å². The highest BCUT2D eigenvalue weighted by atomic mass is 35.5. The molecule has 2 amide bonds. The van der Waals surface area contributed by atoms with Crippen molar-refractivity contribution in [1.29, 1.82) is 0 Å². The molecule has 0 bridgehead atoms. The number of urea groups is 1. The largest absolute Gasteiger partial charge is 0.416 e. The van der Waals surface area contributed by atoms with Gasteiger partial charge in [-0.3, -0.25) is 10.00 Å². The molecular weight excluding hydrogens is 416 g/mol. The van der Waals surface area contributed by atoms with Gasteiger partial charge < -0.3 is 5.32 Å². The van der Waals surface area contributed by atoms with E-state index in [9.17, 15) is 18.0 Å². The minimum absolute atomic E-state index is 0.0136. The molecule has 0 radical (unpaired) electrons. The number of anilines is 2. The van der Waals surface area contributed by atoms with Gasteiger partial charge in [-0.15, -0.1) is 0 Å². The first kappa shape index (κ1) is 20.0. The number of hydrogen-bond acceptors (Lipinski definition) is 2. The van der Waals surface area contributed by atoms with E-state index in [1.54, 1.807) is 35.1 Å². The molecule has 0 aliphatic heterocycles. The summed E-state index contributed by atoms with van der Waals surface area (Å²) in [6, 6.07) is 10.3. The average molecular weight is 429 g/mol. The van der Waals surface area contributed by atoms with E-state index in [-0.39, 0.29) is 11.5 Å². The second kappa shape index (κ2) is 8.12. The van der Waals surface area contributed by atoms with E-state index < -0.39 is 17.8 Å². The molecule has 2 N–H and O–H groups in total. The zero-order valence-electron chi connectivity index (χ0n) is 14.1. The van der Waals surface area contributed by atoms with Crippen LogP contribution in [0.15, 0.2) is 54.7 Å². The second-order valence-electron chi connectivity index (χ2n) is 5.79. The molecular formula is C18H13Cl2F3N4O. The average Bonchev–Trinajstić information content (AvgIpc) is 3.03. The molecule has 0 atom stereocenters. The highest BCUT2D eigenvalue weighted by Gasteiger charge is 2.30. The van der Waals surface area contributed by atoms with Crippen molar-refractivity contribution < 1.29 is 18.0 Å². The van der Waals surface area contributed by atoms with Crippen LogP contribution in [0.2, 0.25) is 10.0 Å². The maximum absolute atomic E-state index is 12.7. The van der Waals surface area contributed by atoms with E-state index in [0.29, 0.717) is 16.6 Å². The lowest BCUT2D eigenvalue weighted by Gasteiger charge is -2.10. The topological polar surface area (TPSA) is 59.0 Å². The molecule has 3 rings (SSSR count). The molecule has 146 valence electrons. The number of alkyl halides is 3. The summed E-state index contributed by atoms with van der Waals surface area (Å²) in [6.07, 6.45) is -2.86. The molecule has 5 nitrogen and oxygen atoms in total. The van der Waals surface area contributed by atoms with Gasteiger partial charge in [0.2, 0.25) is 0 Å². The number of benzene rings is 2. The lowest BCUT2D eigenvalue weighted by Crippen LogP contribution is -2.20. The molecule has 28 heavy (non-hydrogen) atoms. The fourth-order valence-corrected chi connectivity index (χ4v) is 2.86. The SMILES string of the molecule is O=C(Nc1cccc(C(F)(F)F)c1)Nc1ccn(Cc2ccc(Cl)cc2Cl)n1. The molecule has 0 aliphatic rings. The number of aromatic nitrogens is 2. The van der Waals surface area contributed by atoms with E-state index in [2.05, 4.69) is 15.7 Å². The molecule has 1 heterocycles. The minimum atomic E-state index is -4.49. The van der Waals surface area contributed by atoms with E-state index in [4.69, 9.17) is 23.2 Å². The third kappa shape index (κ3) is 5.17. The van der Waals surface area contributed by atoms with Crippen LogP contribution in [0.5, 0.6) is 0 Å². The van der Waals surface area contributed by atoms with Gasteiger partial charge in [0.05, 0.1) is 12.1 Å². The van der Waals surface area contributed by atoms with Crippen molar-refractivity contribution in [3.63, 3.8) is 0 Å². The van der Waals surface area contributed by atoms with Gasteiger partial charge in [-0.2, -0.15) is 18.3 Å². The predicted octanol–water partition coefficient (Wildman–Crippen LogP) is 5.90. The van der Waals surface area contributed by atoms with Crippen LogP contribution in [-0.4, -0.2) is 15.8 Å². The Labute approximate surface area is 168 Å². The van der Waals surface area contributed by atoms with E-state index in [1.807, 2.05) is 0 Å². The first-order valence-electron chi connectivity index (χ1n) is 7.93. The maximum Gasteiger partial charge on any atom is 0.416 e. The van der Waals surface area contributed by atoms with Crippen LogP contribution in [0.25, 0.3) is 0 Å². The third-order valence-electron chi connectivity index (χ3n) is 3.68. The number of carbonyl (C=O) groups excluding carboxylic acids is 1. The molecule has 2 aromatic carbocycles. The Bertz CT molecular complexity index is 1000. The van der Waals surface area contributed by atoms with Gasteiger partial charge in [-0.1, -0.05) is 35.3 Å². The first-order valence-corrected chi connectivity index (χ1v) is 8.69. The van der Waals surface area contributed by atoms with Crippen LogP contribution in [0.1, 0.15) is 11.1 Å². The number of rotatable bonds is 4. The zero-order chi connectivity index (χ0) is 20.3. The highest BCUT2D eigenvalue weighted by Crippen LogP contribution is 2.30. The monoisotopic (exact) mass is 428 g/mol. The van der Waals surface area contributed by atoms with Crippen molar-refractivity contribution in [2.24, 2.45) is 0 Å². The number of carbonyl (C=O) groups is 1. The molecule has 0 unspecified atom stereocenters. The number of halogens is 5. The number of amides is 2. The van der Waals surface area contributed by atoms with Crippen molar-refractivity contribution in [2.45, 2.75) is 12.7 Å². The van der Waals surface area contributed by atoms with Crippen LogP contribution in [0.4, 0.5) is 29.5 Å². The minimum Gasteiger partial charge on any atom is -0.308 e. The summed E-state index contributed by atoms with van der Waals surface area (Å²) in [5, 5.41) is 9.99. The Morgan fingerprint density at radius 1 is 1.07 bits per heavy atom.